The molecule has 43 heavy (non-hydrogen) atoms. The van der Waals surface area contributed by atoms with Gasteiger partial charge in [0.15, 0.2) is 6.23 Å². The van der Waals surface area contributed by atoms with Crippen molar-refractivity contribution in [2.24, 2.45) is 5.41 Å². The fourth-order valence-electron chi connectivity index (χ4n) is 5.25. The summed E-state index contributed by atoms with van der Waals surface area (Å²) in [6.07, 6.45) is 2.06. The van der Waals surface area contributed by atoms with Gasteiger partial charge in [-0.3, -0.25) is 9.59 Å². The number of urea groups is 1. The number of amides is 3. The second-order valence-corrected chi connectivity index (χ2v) is 10.5. The molecule has 8 heteroatoms. The normalized spacial score (nSPS) is 15.3. The molecule has 0 aliphatic carbocycles. The summed E-state index contributed by atoms with van der Waals surface area (Å²) in [4.78, 5) is 42.5. The second kappa shape index (κ2) is 14.5. The van der Waals surface area contributed by atoms with Crippen LogP contribution in [-0.4, -0.2) is 47.1 Å². The Hall–Kier alpha value is -4.59. The molecule has 0 spiro atoms. The summed E-state index contributed by atoms with van der Waals surface area (Å²) in [5.41, 5.74) is 1.79. The molecule has 4 rings (SSSR count). The SMILES string of the molecule is C=CCN(Cc1ccc(OCC)cc1)C(=O)N1C(=O)C(CC)(CC)C1Oc1ccc(CC(=O)OCc2ccccc2)cc1. The van der Waals surface area contributed by atoms with Crippen molar-refractivity contribution < 1.29 is 28.6 Å². The third-order valence-electron chi connectivity index (χ3n) is 7.81. The number of rotatable bonds is 14. The van der Waals surface area contributed by atoms with Gasteiger partial charge < -0.3 is 19.1 Å². The van der Waals surface area contributed by atoms with Gasteiger partial charge >= 0.3 is 12.0 Å². The molecule has 0 N–H and O–H groups in total. The first kappa shape index (κ1) is 31.3. The predicted molar refractivity (Wildman–Crippen MR) is 164 cm³/mol. The highest BCUT2D eigenvalue weighted by Gasteiger charge is 2.63. The zero-order valence-electron chi connectivity index (χ0n) is 25.2. The summed E-state index contributed by atoms with van der Waals surface area (Å²) in [6.45, 7) is 11.0. The molecular formula is C35H40N2O6. The van der Waals surface area contributed by atoms with Crippen LogP contribution in [0.1, 0.15) is 50.3 Å². The Kier molecular flexibility index (Phi) is 10.6. The first-order chi connectivity index (χ1) is 20.8. The van der Waals surface area contributed by atoms with E-state index >= 15 is 0 Å². The minimum Gasteiger partial charge on any atom is -0.494 e. The average molecular weight is 585 g/mol. The zero-order valence-corrected chi connectivity index (χ0v) is 25.2. The fraction of sp³-hybridized carbons (Fsp3) is 0.343. The Labute approximate surface area is 253 Å². The number of hydrogen-bond donors (Lipinski definition) is 0. The molecule has 1 heterocycles. The van der Waals surface area contributed by atoms with Crippen molar-refractivity contribution in [3.63, 3.8) is 0 Å². The molecule has 0 saturated carbocycles. The Balaban J connectivity index is 1.44. The van der Waals surface area contributed by atoms with Crippen molar-refractivity contribution >= 4 is 17.9 Å². The molecule has 1 unspecified atom stereocenters. The van der Waals surface area contributed by atoms with E-state index in [-0.39, 0.29) is 31.4 Å². The third kappa shape index (κ3) is 7.25. The molecule has 226 valence electrons. The van der Waals surface area contributed by atoms with Crippen LogP contribution in [0.5, 0.6) is 11.5 Å². The molecule has 0 radical (unpaired) electrons. The Morgan fingerprint density at radius 1 is 0.884 bits per heavy atom. The number of ether oxygens (including phenoxy) is 3. The minimum atomic E-state index is -0.811. The summed E-state index contributed by atoms with van der Waals surface area (Å²) in [5.74, 6) is 0.686. The van der Waals surface area contributed by atoms with E-state index in [1.165, 1.54) is 4.90 Å². The van der Waals surface area contributed by atoms with Crippen molar-refractivity contribution in [2.45, 2.75) is 59.4 Å². The number of β-lactam (4-membered cyclic amide) rings is 1. The molecule has 3 aromatic carbocycles. The fourth-order valence-corrected chi connectivity index (χ4v) is 5.25. The summed E-state index contributed by atoms with van der Waals surface area (Å²) < 4.78 is 17.3. The highest BCUT2D eigenvalue weighted by molar-refractivity contribution is 6.03. The number of carbonyl (C=O) groups is 3. The molecule has 0 bridgehead atoms. The van der Waals surface area contributed by atoms with E-state index in [0.717, 1.165) is 22.4 Å². The molecule has 1 aliphatic heterocycles. The van der Waals surface area contributed by atoms with Gasteiger partial charge in [0.25, 0.3) is 0 Å². The molecule has 3 aromatic rings. The predicted octanol–water partition coefficient (Wildman–Crippen LogP) is 6.53. The standard InChI is InChI=1S/C35H40N2O6/c1-5-22-36(24-27-16-18-29(19-17-27)41-8-4)34(40)37-32(39)35(6-2,7-3)33(37)43-30-20-14-26(15-21-30)23-31(38)42-25-28-12-10-9-11-13-28/h5,9-21,33H,1,6-8,22-25H2,2-4H3. The molecule has 8 nitrogen and oxygen atoms in total. The topological polar surface area (TPSA) is 85.4 Å². The van der Waals surface area contributed by atoms with Crippen LogP contribution in [0.15, 0.2) is 91.5 Å². The second-order valence-electron chi connectivity index (χ2n) is 10.5. The van der Waals surface area contributed by atoms with Crippen LogP contribution >= 0.6 is 0 Å². The van der Waals surface area contributed by atoms with Crippen molar-refractivity contribution in [3.8, 4) is 11.5 Å². The maximum atomic E-state index is 13.8. The van der Waals surface area contributed by atoms with Gasteiger partial charge in [-0.1, -0.05) is 74.5 Å². The Morgan fingerprint density at radius 3 is 2.12 bits per heavy atom. The first-order valence-corrected chi connectivity index (χ1v) is 14.8. The van der Waals surface area contributed by atoms with Crippen LogP contribution in [0.2, 0.25) is 0 Å². The maximum Gasteiger partial charge on any atom is 0.330 e. The first-order valence-electron chi connectivity index (χ1n) is 14.8. The molecule has 1 aliphatic rings. The third-order valence-corrected chi connectivity index (χ3v) is 7.81. The molecule has 1 fully saturated rings. The zero-order chi connectivity index (χ0) is 30.8. The van der Waals surface area contributed by atoms with Gasteiger partial charge in [0, 0.05) is 13.1 Å². The van der Waals surface area contributed by atoms with E-state index < -0.39 is 17.7 Å². The van der Waals surface area contributed by atoms with Gasteiger partial charge in [-0.2, -0.15) is 0 Å². The van der Waals surface area contributed by atoms with Gasteiger partial charge in [0.2, 0.25) is 5.91 Å². The van der Waals surface area contributed by atoms with Gasteiger partial charge in [0.05, 0.1) is 13.0 Å². The van der Waals surface area contributed by atoms with E-state index in [4.69, 9.17) is 14.2 Å². The summed E-state index contributed by atoms with van der Waals surface area (Å²) in [7, 11) is 0. The van der Waals surface area contributed by atoms with E-state index in [2.05, 4.69) is 6.58 Å². The maximum absolute atomic E-state index is 13.8. The molecule has 0 aromatic heterocycles. The molecule has 1 atom stereocenters. The average Bonchev–Trinajstić information content (AvgIpc) is 3.03. The van der Waals surface area contributed by atoms with Gasteiger partial charge in [-0.15, -0.1) is 6.58 Å². The number of benzene rings is 3. The van der Waals surface area contributed by atoms with Crippen molar-refractivity contribution in [3.05, 3.63) is 108 Å². The lowest BCUT2D eigenvalue weighted by atomic mass is 9.72. The van der Waals surface area contributed by atoms with Crippen LogP contribution < -0.4 is 9.47 Å². The number of imide groups is 1. The van der Waals surface area contributed by atoms with Gasteiger partial charge in [0.1, 0.15) is 23.5 Å². The minimum absolute atomic E-state index is 0.121. The Morgan fingerprint density at radius 2 is 1.51 bits per heavy atom. The number of hydrogen-bond acceptors (Lipinski definition) is 6. The molecule has 1 saturated heterocycles. The quantitative estimate of drug-likeness (QED) is 0.122. The number of carbonyl (C=O) groups excluding carboxylic acids is 3. The van der Waals surface area contributed by atoms with Crippen LogP contribution in [-0.2, 0) is 33.9 Å². The highest BCUT2D eigenvalue weighted by atomic mass is 16.5. The van der Waals surface area contributed by atoms with E-state index in [9.17, 15) is 14.4 Å². The van der Waals surface area contributed by atoms with Crippen LogP contribution in [0, 0.1) is 5.41 Å². The molecule has 3 amide bonds. The largest absolute Gasteiger partial charge is 0.494 e. The van der Waals surface area contributed by atoms with E-state index in [1.54, 1.807) is 35.2 Å². The van der Waals surface area contributed by atoms with Crippen molar-refractivity contribution in [1.29, 1.82) is 0 Å². The number of likely N-dealkylation sites (tertiary alicyclic amines) is 1. The lowest BCUT2D eigenvalue weighted by Crippen LogP contribution is -2.73. The van der Waals surface area contributed by atoms with Gasteiger partial charge in [-0.25, -0.2) is 9.69 Å². The lowest BCUT2D eigenvalue weighted by Gasteiger charge is -2.54. The number of nitrogens with zero attached hydrogens (tertiary/aromatic N) is 2. The Bertz CT molecular complexity index is 1380. The van der Waals surface area contributed by atoms with Gasteiger partial charge in [-0.05, 0) is 60.7 Å². The summed E-state index contributed by atoms with van der Waals surface area (Å²) >= 11 is 0. The van der Waals surface area contributed by atoms with E-state index in [1.807, 2.05) is 75.4 Å². The number of esters is 1. The van der Waals surface area contributed by atoms with Crippen LogP contribution in [0.4, 0.5) is 4.79 Å². The summed E-state index contributed by atoms with van der Waals surface area (Å²) in [5, 5.41) is 0. The monoisotopic (exact) mass is 584 g/mol. The van der Waals surface area contributed by atoms with Crippen LogP contribution in [0.3, 0.4) is 0 Å². The summed E-state index contributed by atoms with van der Waals surface area (Å²) in [6, 6.07) is 23.7. The van der Waals surface area contributed by atoms with Crippen LogP contribution in [0.25, 0.3) is 0 Å². The van der Waals surface area contributed by atoms with E-state index in [0.29, 0.717) is 31.7 Å². The lowest BCUT2D eigenvalue weighted by molar-refractivity contribution is -0.192. The smallest absolute Gasteiger partial charge is 0.330 e. The molecular weight excluding hydrogens is 544 g/mol. The van der Waals surface area contributed by atoms with Crippen molar-refractivity contribution in [1.82, 2.24) is 9.80 Å². The van der Waals surface area contributed by atoms with Crippen molar-refractivity contribution in [2.75, 3.05) is 13.2 Å². The highest BCUT2D eigenvalue weighted by Crippen LogP contribution is 2.46.